The van der Waals surface area contributed by atoms with Crippen LogP contribution in [0.3, 0.4) is 0 Å². The lowest BCUT2D eigenvalue weighted by Crippen LogP contribution is -1.90. The van der Waals surface area contributed by atoms with Crippen molar-refractivity contribution in [3.8, 4) is 0 Å². The molecule has 0 fully saturated rings. The second-order valence-corrected chi connectivity index (χ2v) is 2.63. The van der Waals surface area contributed by atoms with Crippen molar-refractivity contribution < 1.29 is 9.90 Å². The summed E-state index contributed by atoms with van der Waals surface area (Å²) in [5, 5.41) is 8.66. The minimum atomic E-state index is -0.885. The van der Waals surface area contributed by atoms with E-state index in [-0.39, 0.29) is 6.42 Å². The first-order chi connectivity index (χ1) is 6.20. The molecule has 0 radical (unpaired) electrons. The van der Waals surface area contributed by atoms with Gasteiger partial charge in [0.2, 0.25) is 0 Å². The van der Waals surface area contributed by atoms with Gasteiger partial charge in [0, 0.05) is 11.8 Å². The molecule has 0 aliphatic heterocycles. The zero-order valence-corrected chi connectivity index (χ0v) is 7.40. The SMILES string of the molecule is O=C(O)CC=Cc1cncnc1Cl. The van der Waals surface area contributed by atoms with Gasteiger partial charge in [0.15, 0.2) is 0 Å². The van der Waals surface area contributed by atoms with Crippen LogP contribution in [0, 0.1) is 0 Å². The third-order valence-corrected chi connectivity index (χ3v) is 1.60. The van der Waals surface area contributed by atoms with Gasteiger partial charge in [-0.1, -0.05) is 23.8 Å². The molecule has 1 aromatic rings. The van der Waals surface area contributed by atoms with Crippen LogP contribution in [0.25, 0.3) is 6.08 Å². The van der Waals surface area contributed by atoms with Crippen LogP contribution in [0.1, 0.15) is 12.0 Å². The Bertz CT molecular complexity index is 339. The smallest absolute Gasteiger partial charge is 0.307 e. The molecule has 4 nitrogen and oxygen atoms in total. The number of rotatable bonds is 3. The first-order valence-electron chi connectivity index (χ1n) is 3.54. The summed E-state index contributed by atoms with van der Waals surface area (Å²) in [7, 11) is 0. The van der Waals surface area contributed by atoms with E-state index >= 15 is 0 Å². The average molecular weight is 199 g/mol. The Morgan fingerprint density at radius 2 is 2.46 bits per heavy atom. The van der Waals surface area contributed by atoms with Crippen LogP contribution in [-0.2, 0) is 4.79 Å². The lowest BCUT2D eigenvalue weighted by molar-refractivity contribution is -0.135. The summed E-state index contributed by atoms with van der Waals surface area (Å²) in [6.45, 7) is 0. The first-order valence-corrected chi connectivity index (χ1v) is 3.92. The van der Waals surface area contributed by atoms with Crippen LogP contribution in [-0.4, -0.2) is 21.0 Å². The van der Waals surface area contributed by atoms with E-state index in [0.29, 0.717) is 10.7 Å². The summed E-state index contributed by atoms with van der Waals surface area (Å²) in [6, 6.07) is 0. The van der Waals surface area contributed by atoms with Gasteiger partial charge in [-0.3, -0.25) is 4.79 Å². The number of aromatic nitrogens is 2. The maximum Gasteiger partial charge on any atom is 0.307 e. The van der Waals surface area contributed by atoms with Gasteiger partial charge in [-0.2, -0.15) is 0 Å². The molecule has 1 N–H and O–H groups in total. The summed E-state index contributed by atoms with van der Waals surface area (Å²) in [5.41, 5.74) is 0.616. The molecule has 0 unspecified atom stereocenters. The Morgan fingerprint density at radius 1 is 1.69 bits per heavy atom. The number of hydrogen-bond acceptors (Lipinski definition) is 3. The molecule has 0 aliphatic carbocycles. The van der Waals surface area contributed by atoms with Gasteiger partial charge in [-0.15, -0.1) is 0 Å². The van der Waals surface area contributed by atoms with Gasteiger partial charge in [0.25, 0.3) is 0 Å². The predicted molar refractivity (Wildman–Crippen MR) is 48.3 cm³/mol. The Kier molecular flexibility index (Phi) is 3.40. The molecule has 13 heavy (non-hydrogen) atoms. The van der Waals surface area contributed by atoms with Crippen LogP contribution < -0.4 is 0 Å². The third kappa shape index (κ3) is 3.21. The minimum absolute atomic E-state index is 0.0365. The minimum Gasteiger partial charge on any atom is -0.481 e. The molecule has 1 rings (SSSR count). The second-order valence-electron chi connectivity index (χ2n) is 2.27. The monoisotopic (exact) mass is 198 g/mol. The molecule has 5 heteroatoms. The molecule has 0 bridgehead atoms. The highest BCUT2D eigenvalue weighted by atomic mass is 35.5. The van der Waals surface area contributed by atoms with Crippen LogP contribution in [0.4, 0.5) is 0 Å². The zero-order chi connectivity index (χ0) is 9.68. The van der Waals surface area contributed by atoms with Crippen LogP contribution in [0.2, 0.25) is 5.15 Å². The van der Waals surface area contributed by atoms with Gasteiger partial charge in [0.05, 0.1) is 6.42 Å². The fourth-order valence-electron chi connectivity index (χ4n) is 0.724. The highest BCUT2D eigenvalue weighted by Crippen LogP contribution is 2.11. The normalized spacial score (nSPS) is 10.5. The van der Waals surface area contributed by atoms with Crippen molar-refractivity contribution in [3.05, 3.63) is 29.3 Å². The molecule has 0 amide bonds. The van der Waals surface area contributed by atoms with Crippen molar-refractivity contribution >= 4 is 23.6 Å². The molecule has 0 atom stereocenters. The lowest BCUT2D eigenvalue weighted by Gasteiger charge is -1.93. The number of aliphatic carboxylic acids is 1. The fraction of sp³-hybridized carbons (Fsp3) is 0.125. The van der Waals surface area contributed by atoms with E-state index in [2.05, 4.69) is 9.97 Å². The average Bonchev–Trinajstić information content (AvgIpc) is 2.08. The molecule has 0 aromatic carbocycles. The fourth-order valence-corrected chi connectivity index (χ4v) is 0.879. The molecule has 1 aromatic heterocycles. The third-order valence-electron chi connectivity index (χ3n) is 1.28. The Hall–Kier alpha value is -1.42. The van der Waals surface area contributed by atoms with Crippen LogP contribution in [0.5, 0.6) is 0 Å². The summed E-state index contributed by atoms with van der Waals surface area (Å²) in [6.07, 6.45) is 5.89. The number of nitrogens with zero attached hydrogens (tertiary/aromatic N) is 2. The van der Waals surface area contributed by atoms with E-state index < -0.39 is 5.97 Å². The van der Waals surface area contributed by atoms with Crippen molar-refractivity contribution in [1.29, 1.82) is 0 Å². The number of carboxylic acid groups (broad SMARTS) is 1. The van der Waals surface area contributed by atoms with Gasteiger partial charge in [-0.05, 0) is 0 Å². The molecular weight excluding hydrogens is 192 g/mol. The summed E-state index contributed by atoms with van der Waals surface area (Å²) >= 11 is 5.69. The topological polar surface area (TPSA) is 63.1 Å². The summed E-state index contributed by atoms with van der Waals surface area (Å²) in [5.74, 6) is -0.885. The van der Waals surface area contributed by atoms with E-state index in [4.69, 9.17) is 16.7 Å². The van der Waals surface area contributed by atoms with E-state index in [0.717, 1.165) is 0 Å². The van der Waals surface area contributed by atoms with Crippen LogP contribution >= 0.6 is 11.6 Å². The molecule has 1 heterocycles. The van der Waals surface area contributed by atoms with E-state index in [1.807, 2.05) is 0 Å². The standard InChI is InChI=1S/C8H7ClN2O2/c9-8-6(4-10-5-11-8)2-1-3-7(12)13/h1-2,4-5H,3H2,(H,12,13). The van der Waals surface area contributed by atoms with E-state index in [1.54, 1.807) is 6.08 Å². The van der Waals surface area contributed by atoms with Crippen molar-refractivity contribution in [3.63, 3.8) is 0 Å². The van der Waals surface area contributed by atoms with E-state index in [9.17, 15) is 4.79 Å². The van der Waals surface area contributed by atoms with Crippen molar-refractivity contribution in [1.82, 2.24) is 9.97 Å². The maximum atomic E-state index is 10.2. The van der Waals surface area contributed by atoms with E-state index in [1.165, 1.54) is 18.6 Å². The molecule has 0 saturated heterocycles. The highest BCUT2D eigenvalue weighted by Gasteiger charge is 1.96. The van der Waals surface area contributed by atoms with Gasteiger partial charge >= 0.3 is 5.97 Å². The highest BCUT2D eigenvalue weighted by molar-refractivity contribution is 6.30. The first kappa shape index (κ1) is 9.67. The number of hydrogen-bond donors (Lipinski definition) is 1. The van der Waals surface area contributed by atoms with Crippen molar-refractivity contribution in [2.75, 3.05) is 0 Å². The quantitative estimate of drug-likeness (QED) is 0.750. The zero-order valence-electron chi connectivity index (χ0n) is 6.64. The Morgan fingerprint density at radius 3 is 3.08 bits per heavy atom. The van der Waals surface area contributed by atoms with Crippen molar-refractivity contribution in [2.45, 2.75) is 6.42 Å². The second kappa shape index (κ2) is 4.57. The Labute approximate surface area is 79.9 Å². The number of carboxylic acids is 1. The van der Waals surface area contributed by atoms with Gasteiger partial charge in [-0.25, -0.2) is 9.97 Å². The Balaban J connectivity index is 2.68. The molecular formula is C8H7ClN2O2. The molecule has 68 valence electrons. The lowest BCUT2D eigenvalue weighted by atomic mass is 10.3. The number of carbonyl (C=O) groups is 1. The summed E-state index contributed by atoms with van der Waals surface area (Å²) < 4.78 is 0. The van der Waals surface area contributed by atoms with Gasteiger partial charge < -0.3 is 5.11 Å². The largest absolute Gasteiger partial charge is 0.481 e. The van der Waals surface area contributed by atoms with Crippen LogP contribution in [0.15, 0.2) is 18.6 Å². The maximum absolute atomic E-state index is 10.2. The molecule has 0 aliphatic rings. The predicted octanol–water partition coefficient (Wildman–Crippen LogP) is 1.62. The summed E-state index contributed by atoms with van der Waals surface area (Å²) in [4.78, 5) is 17.6. The number of halogens is 1. The molecule has 0 saturated carbocycles. The van der Waals surface area contributed by atoms with Gasteiger partial charge in [0.1, 0.15) is 11.5 Å². The van der Waals surface area contributed by atoms with Crippen molar-refractivity contribution in [2.24, 2.45) is 0 Å². The molecule has 0 spiro atoms.